The average Bonchev–Trinajstić information content (AvgIpc) is 3.13. The lowest BCUT2D eigenvalue weighted by molar-refractivity contribution is -0.151. The van der Waals surface area contributed by atoms with Crippen LogP contribution in [0.2, 0.25) is 0 Å². The molecule has 1 aromatic carbocycles. The molecule has 160 valence electrons. The average molecular weight is 401 g/mol. The number of rotatable bonds is 13. The Balaban J connectivity index is 1.76. The van der Waals surface area contributed by atoms with E-state index in [1.54, 1.807) is 0 Å². The quantitative estimate of drug-likeness (QED) is 0.173. The van der Waals surface area contributed by atoms with Gasteiger partial charge in [-0.25, -0.2) is 4.79 Å². The molecule has 1 aliphatic heterocycles. The zero-order valence-electron chi connectivity index (χ0n) is 18.4. The lowest BCUT2D eigenvalue weighted by Gasteiger charge is -2.11. The van der Waals surface area contributed by atoms with Gasteiger partial charge in [0.1, 0.15) is 5.75 Å². The molecular formula is C25H36O4. The normalized spacial score (nSPS) is 14.9. The molecule has 1 aliphatic rings. The smallest absolute Gasteiger partial charge is 0.347 e. The van der Waals surface area contributed by atoms with Crippen LogP contribution in [0.15, 0.2) is 24.3 Å². The molecule has 1 heterocycles. The Labute approximate surface area is 175 Å². The van der Waals surface area contributed by atoms with Gasteiger partial charge in [0.15, 0.2) is 11.9 Å². The Morgan fingerprint density at radius 3 is 2.38 bits per heavy atom. The van der Waals surface area contributed by atoms with E-state index in [4.69, 9.17) is 9.47 Å². The van der Waals surface area contributed by atoms with Crippen LogP contribution in [0.5, 0.6) is 5.75 Å². The van der Waals surface area contributed by atoms with Crippen molar-refractivity contribution in [3.05, 3.63) is 41.0 Å². The van der Waals surface area contributed by atoms with Crippen LogP contribution in [0.25, 0.3) is 0 Å². The minimum Gasteiger partial charge on any atom is -0.478 e. The first-order chi connectivity index (χ1) is 14.0. The molecule has 2 rings (SSSR count). The second kappa shape index (κ2) is 11.8. The van der Waals surface area contributed by atoms with E-state index in [9.17, 15) is 9.59 Å². The summed E-state index contributed by atoms with van der Waals surface area (Å²) in [5, 5.41) is 0. The summed E-state index contributed by atoms with van der Waals surface area (Å²) in [5.41, 5.74) is 2.97. The van der Waals surface area contributed by atoms with Crippen LogP contribution in [0.3, 0.4) is 0 Å². The number of carbonyl (C=O) groups excluding carboxylic acids is 2. The van der Waals surface area contributed by atoms with Crippen molar-refractivity contribution in [1.29, 1.82) is 0 Å². The second-order valence-electron chi connectivity index (χ2n) is 8.01. The maximum absolute atomic E-state index is 12.5. The highest BCUT2D eigenvalue weighted by Gasteiger charge is 2.31. The van der Waals surface area contributed by atoms with Gasteiger partial charge in [-0.1, -0.05) is 65.4 Å². The van der Waals surface area contributed by atoms with Crippen molar-refractivity contribution in [2.24, 2.45) is 0 Å². The number of hydrogen-bond donors (Lipinski definition) is 0. The van der Waals surface area contributed by atoms with Crippen molar-refractivity contribution in [3.8, 4) is 5.75 Å². The number of benzene rings is 1. The molecule has 0 fully saturated rings. The van der Waals surface area contributed by atoms with Crippen LogP contribution >= 0.6 is 0 Å². The number of unbranched alkanes of at least 4 members (excludes halogenated alkanes) is 7. The maximum Gasteiger partial charge on any atom is 0.347 e. The van der Waals surface area contributed by atoms with Gasteiger partial charge in [-0.2, -0.15) is 0 Å². The van der Waals surface area contributed by atoms with Crippen molar-refractivity contribution in [1.82, 2.24) is 0 Å². The van der Waals surface area contributed by atoms with E-state index in [-0.39, 0.29) is 11.8 Å². The SMILES string of the molecule is C=C(CC)C(=O)c1cc2c(cc1C)OC(C(=O)OCCCCCCCCCC)C2. The molecule has 4 heteroatoms. The fraction of sp³-hybridized carbons (Fsp3) is 0.600. The predicted octanol–water partition coefficient (Wildman–Crippen LogP) is 6.13. The number of allylic oxidation sites excluding steroid dienone is 1. The summed E-state index contributed by atoms with van der Waals surface area (Å²) in [6, 6.07) is 3.69. The molecule has 0 spiro atoms. The third-order valence-corrected chi connectivity index (χ3v) is 5.58. The molecule has 0 N–H and O–H groups in total. The van der Waals surface area contributed by atoms with E-state index >= 15 is 0 Å². The first-order valence-corrected chi connectivity index (χ1v) is 11.2. The summed E-state index contributed by atoms with van der Waals surface area (Å²) < 4.78 is 11.2. The zero-order valence-corrected chi connectivity index (χ0v) is 18.4. The Morgan fingerprint density at radius 1 is 1.07 bits per heavy atom. The van der Waals surface area contributed by atoms with Crippen LogP contribution in [0.4, 0.5) is 0 Å². The molecule has 0 radical (unpaired) electrons. The molecule has 4 nitrogen and oxygen atoms in total. The van der Waals surface area contributed by atoms with Crippen LogP contribution in [-0.4, -0.2) is 24.5 Å². The van der Waals surface area contributed by atoms with Crippen LogP contribution in [0, 0.1) is 6.92 Å². The Bertz CT molecular complexity index is 720. The third-order valence-electron chi connectivity index (χ3n) is 5.58. The predicted molar refractivity (Wildman–Crippen MR) is 117 cm³/mol. The maximum atomic E-state index is 12.5. The molecular weight excluding hydrogens is 364 g/mol. The number of Topliss-reactive ketones (excluding diaryl/α,β-unsaturated/α-hetero) is 1. The fourth-order valence-electron chi connectivity index (χ4n) is 3.62. The van der Waals surface area contributed by atoms with Crippen LogP contribution in [0.1, 0.15) is 93.1 Å². The van der Waals surface area contributed by atoms with Crippen molar-refractivity contribution in [2.75, 3.05) is 6.61 Å². The number of ether oxygens (including phenoxy) is 2. The largest absolute Gasteiger partial charge is 0.478 e. The van der Waals surface area contributed by atoms with Gasteiger partial charge in [-0.05, 0) is 48.6 Å². The van der Waals surface area contributed by atoms with Crippen molar-refractivity contribution >= 4 is 11.8 Å². The number of esters is 1. The van der Waals surface area contributed by atoms with Crippen molar-refractivity contribution in [3.63, 3.8) is 0 Å². The second-order valence-corrected chi connectivity index (χ2v) is 8.01. The summed E-state index contributed by atoms with van der Waals surface area (Å²) in [5.74, 6) is 0.330. The van der Waals surface area contributed by atoms with E-state index in [0.29, 0.717) is 36.3 Å². The zero-order chi connectivity index (χ0) is 21.2. The number of carbonyl (C=O) groups is 2. The minimum atomic E-state index is -0.613. The van der Waals surface area contributed by atoms with Crippen LogP contribution in [-0.2, 0) is 16.0 Å². The fourth-order valence-corrected chi connectivity index (χ4v) is 3.62. The summed E-state index contributed by atoms with van der Waals surface area (Å²) in [7, 11) is 0. The molecule has 0 aromatic heterocycles. The number of hydrogen-bond acceptors (Lipinski definition) is 4. The van der Waals surface area contributed by atoms with Gasteiger partial charge in [0.25, 0.3) is 0 Å². The van der Waals surface area contributed by atoms with Crippen molar-refractivity contribution < 1.29 is 19.1 Å². The summed E-state index contributed by atoms with van der Waals surface area (Å²) in [6.07, 6.45) is 10.1. The summed E-state index contributed by atoms with van der Waals surface area (Å²) in [4.78, 5) is 24.8. The first-order valence-electron chi connectivity index (χ1n) is 11.2. The van der Waals surface area contributed by atoms with Gasteiger partial charge in [-0.15, -0.1) is 0 Å². The van der Waals surface area contributed by atoms with Gasteiger partial charge < -0.3 is 9.47 Å². The van der Waals surface area contributed by atoms with E-state index in [1.165, 1.54) is 38.5 Å². The standard InChI is InChI=1S/C25H36O4/c1-5-7-8-9-10-11-12-13-14-28-25(27)23-17-20-16-21(24(26)18(3)6-2)19(4)15-22(20)29-23/h15-16,23H,3,5-14,17H2,1-2,4H3. The molecule has 29 heavy (non-hydrogen) atoms. The van der Waals surface area contributed by atoms with Crippen LogP contribution < -0.4 is 4.74 Å². The lowest BCUT2D eigenvalue weighted by Crippen LogP contribution is -2.27. The van der Waals surface area contributed by atoms with E-state index in [0.717, 1.165) is 24.0 Å². The molecule has 0 aliphatic carbocycles. The molecule has 0 saturated carbocycles. The van der Waals surface area contributed by atoms with Gasteiger partial charge in [0.2, 0.25) is 0 Å². The minimum absolute atomic E-state index is 0.0338. The highest BCUT2D eigenvalue weighted by Crippen LogP contribution is 2.33. The first kappa shape index (κ1) is 23.2. The van der Waals surface area contributed by atoms with Crippen molar-refractivity contribution in [2.45, 2.75) is 91.1 Å². The van der Waals surface area contributed by atoms with E-state index in [1.807, 2.05) is 26.0 Å². The van der Waals surface area contributed by atoms with E-state index < -0.39 is 6.10 Å². The molecule has 0 saturated heterocycles. The van der Waals surface area contributed by atoms with Gasteiger partial charge in [-0.3, -0.25) is 4.79 Å². The monoisotopic (exact) mass is 400 g/mol. The molecule has 0 amide bonds. The molecule has 1 unspecified atom stereocenters. The summed E-state index contributed by atoms with van der Waals surface area (Å²) >= 11 is 0. The Hall–Kier alpha value is -2.10. The Kier molecular flexibility index (Phi) is 9.43. The highest BCUT2D eigenvalue weighted by atomic mass is 16.6. The Morgan fingerprint density at radius 2 is 1.72 bits per heavy atom. The highest BCUT2D eigenvalue weighted by molar-refractivity contribution is 6.09. The van der Waals surface area contributed by atoms with Gasteiger partial charge in [0, 0.05) is 12.0 Å². The van der Waals surface area contributed by atoms with Gasteiger partial charge in [0.05, 0.1) is 6.61 Å². The number of fused-ring (bicyclic) bond motifs is 1. The lowest BCUT2D eigenvalue weighted by atomic mass is 9.95. The van der Waals surface area contributed by atoms with E-state index in [2.05, 4.69) is 13.5 Å². The summed E-state index contributed by atoms with van der Waals surface area (Å²) in [6.45, 7) is 10.3. The third kappa shape index (κ3) is 6.73. The topological polar surface area (TPSA) is 52.6 Å². The van der Waals surface area contributed by atoms with Gasteiger partial charge >= 0.3 is 5.97 Å². The molecule has 1 aromatic rings. The molecule has 1 atom stereocenters. The molecule has 0 bridgehead atoms. The number of aryl methyl sites for hydroxylation is 1. The number of ketones is 1.